The second-order valence-electron chi connectivity index (χ2n) is 0.238. The van der Waals surface area contributed by atoms with Gasteiger partial charge in [0.05, 0.1) is 0 Å². The van der Waals surface area contributed by atoms with Gasteiger partial charge in [-0.25, -0.2) is 0 Å². The maximum Gasteiger partial charge on any atom is 0.291 e. The minimum Gasteiger partial charge on any atom is -0.328 e. The average molecular weight is 122 g/mol. The Labute approximate surface area is 37.8 Å². The van der Waals surface area contributed by atoms with Gasteiger partial charge >= 0.3 is 0 Å². The van der Waals surface area contributed by atoms with Crippen molar-refractivity contribution >= 4 is 0 Å². The van der Waals surface area contributed by atoms with Crippen molar-refractivity contribution in [3.63, 3.8) is 0 Å². The molecule has 0 amide bonds. The molecule has 0 saturated heterocycles. The maximum absolute atomic E-state index is 8.36. The molecule has 0 bridgehead atoms. The summed E-state index contributed by atoms with van der Waals surface area (Å²) in [6.07, 6.45) is 0. The largest absolute Gasteiger partial charge is 0.328 e. The second kappa shape index (κ2) is 3.69. The molecular weight excluding hydrogens is 121 g/mol. The van der Waals surface area contributed by atoms with Crippen molar-refractivity contribution in [2.24, 2.45) is 0 Å². The molecule has 0 spiro atoms. The zero-order valence-corrected chi connectivity index (χ0v) is 3.01. The van der Waals surface area contributed by atoms with E-state index >= 15 is 0 Å². The first-order chi connectivity index (χ1) is 1.73. The van der Waals surface area contributed by atoms with Crippen LogP contribution in [0.25, 0.3) is 0 Å². The van der Waals surface area contributed by atoms with Gasteiger partial charge in [0, 0.05) is 16.5 Å². The normalized spacial score (nSPS) is 4.80. The van der Waals surface area contributed by atoms with Gasteiger partial charge in [-0.1, -0.05) is 0 Å². The summed E-state index contributed by atoms with van der Waals surface area (Å²) in [5.74, 6) is 0. The molecule has 0 aliphatic heterocycles. The van der Waals surface area contributed by atoms with E-state index in [1.165, 1.54) is 0 Å². The van der Waals surface area contributed by atoms with Crippen LogP contribution in [-0.2, 0) is 16.5 Å². The Morgan fingerprint density at radius 3 is 1.80 bits per heavy atom. The smallest absolute Gasteiger partial charge is 0.291 e. The Hall–Kier alpha value is -0.306. The third-order valence-corrected chi connectivity index (χ3v) is 0. The summed E-state index contributed by atoms with van der Waals surface area (Å²) in [5, 5.41) is 13.6. The fraction of sp³-hybridized carbons (Fsp3) is 0. The molecule has 0 fully saturated rings. The molecule has 0 aliphatic rings. The van der Waals surface area contributed by atoms with E-state index in [4.69, 9.17) is 15.3 Å². The van der Waals surface area contributed by atoms with E-state index in [0.29, 0.717) is 0 Å². The first kappa shape index (κ1) is 8.83. The molecule has 0 saturated carbocycles. The first-order valence-corrected chi connectivity index (χ1v) is 0.565. The zero-order chi connectivity index (χ0) is 3.58. The summed E-state index contributed by atoms with van der Waals surface area (Å²) in [7, 11) is 0. The van der Waals surface area contributed by atoms with E-state index < -0.39 is 5.09 Å². The number of hydrogen-bond acceptors (Lipinski definition) is 2. The molecule has 0 radical (unpaired) electrons. The topological polar surface area (TPSA) is 63.4 Å². The first-order valence-electron chi connectivity index (χ1n) is 0.565. The van der Waals surface area contributed by atoms with Crippen molar-refractivity contribution in [1.82, 2.24) is 0 Å². The molecule has 1 N–H and O–H groups in total. The molecule has 4 nitrogen and oxygen atoms in total. The van der Waals surface area contributed by atoms with Gasteiger partial charge in [0.1, 0.15) is 0 Å². The Balaban J connectivity index is 0. The van der Waals surface area contributed by atoms with Crippen LogP contribution in [0, 0.1) is 10.1 Å². The van der Waals surface area contributed by atoms with Crippen LogP contribution in [-0.4, -0.2) is 10.3 Å². The summed E-state index contributed by atoms with van der Waals surface area (Å²) in [6, 6.07) is 0. The van der Waals surface area contributed by atoms with Gasteiger partial charge in [-0.3, -0.25) is 0 Å². The van der Waals surface area contributed by atoms with Crippen molar-refractivity contribution < 1.29 is 26.8 Å². The molecule has 34 valence electrons. The van der Waals surface area contributed by atoms with Crippen LogP contribution >= 0.6 is 0 Å². The van der Waals surface area contributed by atoms with Gasteiger partial charge in [0.15, 0.2) is 0 Å². The van der Waals surface area contributed by atoms with Crippen LogP contribution in [0.5, 0.6) is 0 Å². The molecule has 0 aromatic rings. The Morgan fingerprint density at radius 1 is 1.80 bits per heavy atom. The molecule has 0 unspecified atom stereocenters. The number of rotatable bonds is 0. The van der Waals surface area contributed by atoms with Crippen molar-refractivity contribution in [2.75, 3.05) is 0 Å². The Morgan fingerprint density at radius 2 is 1.80 bits per heavy atom. The van der Waals surface area contributed by atoms with Crippen LogP contribution in [0.15, 0.2) is 0 Å². The molecule has 0 heterocycles. The number of hydrogen-bond donors (Lipinski definition) is 1. The summed E-state index contributed by atoms with van der Waals surface area (Å²) >= 11 is 0. The van der Waals surface area contributed by atoms with E-state index in [-0.39, 0.29) is 16.5 Å². The van der Waals surface area contributed by atoms with E-state index in [1.54, 1.807) is 0 Å². The molecule has 0 rings (SSSR count). The van der Waals surface area contributed by atoms with Crippen molar-refractivity contribution in [3.8, 4) is 0 Å². The fourth-order valence-electron chi connectivity index (χ4n) is 0. The molecule has 0 aromatic carbocycles. The SMILES string of the molecule is O=[N+]([O-])O.[Ni]. The quantitative estimate of drug-likeness (QED) is 0.271. The zero-order valence-electron chi connectivity index (χ0n) is 2.03. The molecule has 0 aromatic heterocycles. The van der Waals surface area contributed by atoms with Crippen LogP contribution in [0.1, 0.15) is 0 Å². The summed E-state index contributed by atoms with van der Waals surface area (Å²) < 4.78 is 0. The number of nitrogens with zero attached hydrogens (tertiary/aromatic N) is 1. The van der Waals surface area contributed by atoms with Gasteiger partial charge in [0.25, 0.3) is 5.09 Å². The standard InChI is InChI=1S/HNO3.Ni/c2-1(3)4;/h(H,2,3,4);. The molecule has 5 heteroatoms. The van der Waals surface area contributed by atoms with Crippen molar-refractivity contribution in [1.29, 1.82) is 0 Å². The van der Waals surface area contributed by atoms with E-state index in [9.17, 15) is 0 Å². The Kier molecular flexibility index (Phi) is 6.52. The van der Waals surface area contributed by atoms with E-state index in [2.05, 4.69) is 0 Å². The average Bonchev–Trinajstić information content (AvgIpc) is 0.811. The monoisotopic (exact) mass is 121 g/mol. The van der Waals surface area contributed by atoms with E-state index in [1.807, 2.05) is 0 Å². The van der Waals surface area contributed by atoms with Gasteiger partial charge in [0.2, 0.25) is 0 Å². The fourth-order valence-corrected chi connectivity index (χ4v) is 0. The minimum atomic E-state index is -1.50. The van der Waals surface area contributed by atoms with Crippen LogP contribution < -0.4 is 0 Å². The van der Waals surface area contributed by atoms with Gasteiger partial charge in [-0.2, -0.15) is 0 Å². The summed E-state index contributed by atoms with van der Waals surface area (Å²) in [6.45, 7) is 0. The molecule has 0 aliphatic carbocycles. The molecular formula is HNNiO3. The van der Waals surface area contributed by atoms with Crippen molar-refractivity contribution in [2.45, 2.75) is 0 Å². The molecule has 5 heavy (non-hydrogen) atoms. The van der Waals surface area contributed by atoms with Crippen LogP contribution in [0.3, 0.4) is 0 Å². The maximum atomic E-state index is 8.36. The predicted molar refractivity (Wildman–Crippen MR) is 8.78 cm³/mol. The van der Waals surface area contributed by atoms with Gasteiger partial charge in [-0.15, -0.1) is 10.1 Å². The second-order valence-corrected chi connectivity index (χ2v) is 0.238. The van der Waals surface area contributed by atoms with Crippen molar-refractivity contribution in [3.05, 3.63) is 10.1 Å². The third kappa shape index (κ3) is 113. The van der Waals surface area contributed by atoms with Gasteiger partial charge < -0.3 is 5.21 Å². The summed E-state index contributed by atoms with van der Waals surface area (Å²) in [5.41, 5.74) is 0. The van der Waals surface area contributed by atoms with Crippen LogP contribution in [0.4, 0.5) is 0 Å². The summed E-state index contributed by atoms with van der Waals surface area (Å²) in [4.78, 5) is 8.36. The predicted octanol–water partition coefficient (Wildman–Crippen LogP) is -0.350. The molecule has 0 atom stereocenters. The van der Waals surface area contributed by atoms with Crippen LogP contribution in [0.2, 0.25) is 0 Å². The Bertz CT molecular complexity index is 29.9. The third-order valence-electron chi connectivity index (χ3n) is 0. The van der Waals surface area contributed by atoms with Gasteiger partial charge in [-0.05, 0) is 0 Å². The van der Waals surface area contributed by atoms with E-state index in [0.717, 1.165) is 0 Å². The minimum absolute atomic E-state index is 0.